The molecule has 1 saturated carbocycles. The smallest absolute Gasteiger partial charge is 0.273 e. The lowest BCUT2D eigenvalue weighted by molar-refractivity contribution is 0.0946. The first-order chi connectivity index (χ1) is 12.4. The van der Waals surface area contributed by atoms with E-state index < -0.39 is 0 Å². The summed E-state index contributed by atoms with van der Waals surface area (Å²) < 4.78 is 19.6. The number of benzene rings is 1. The summed E-state index contributed by atoms with van der Waals surface area (Å²) in [6.45, 7) is 7.24. The molecule has 26 heavy (non-hydrogen) atoms. The quantitative estimate of drug-likeness (QED) is 0.780. The van der Waals surface area contributed by atoms with Gasteiger partial charge in [-0.1, -0.05) is 32.0 Å². The number of aromatic nitrogens is 1. The van der Waals surface area contributed by atoms with Crippen LogP contribution in [0.4, 0.5) is 4.39 Å². The summed E-state index contributed by atoms with van der Waals surface area (Å²) >= 11 is 0. The average molecular weight is 359 g/mol. The zero-order valence-corrected chi connectivity index (χ0v) is 15.5. The lowest BCUT2D eigenvalue weighted by Crippen LogP contribution is -2.36. The van der Waals surface area contributed by atoms with E-state index in [2.05, 4.69) is 36.0 Å². The molecule has 1 aromatic heterocycles. The normalized spacial score (nSPS) is 15.5. The third kappa shape index (κ3) is 4.69. The number of hydrogen-bond donors (Lipinski definition) is 1. The molecule has 0 aliphatic heterocycles. The van der Waals surface area contributed by atoms with Crippen LogP contribution in [0, 0.1) is 11.7 Å². The second-order valence-corrected chi connectivity index (χ2v) is 7.36. The number of rotatable bonds is 8. The van der Waals surface area contributed by atoms with Gasteiger partial charge < -0.3 is 9.73 Å². The van der Waals surface area contributed by atoms with E-state index in [0.717, 1.165) is 12.8 Å². The molecule has 2 aromatic rings. The van der Waals surface area contributed by atoms with Crippen LogP contribution in [0.3, 0.4) is 0 Å². The molecule has 1 atom stereocenters. The summed E-state index contributed by atoms with van der Waals surface area (Å²) in [6.07, 6.45) is 3.45. The minimum atomic E-state index is -0.217. The van der Waals surface area contributed by atoms with Crippen LogP contribution in [0.2, 0.25) is 0 Å². The fourth-order valence-electron chi connectivity index (χ4n) is 2.76. The summed E-state index contributed by atoms with van der Waals surface area (Å²) in [7, 11) is 0. The number of nitrogens with zero attached hydrogens (tertiary/aromatic N) is 2. The molecule has 1 unspecified atom stereocenters. The van der Waals surface area contributed by atoms with Crippen LogP contribution in [0.1, 0.15) is 55.6 Å². The number of amides is 1. The fourth-order valence-corrected chi connectivity index (χ4v) is 2.76. The van der Waals surface area contributed by atoms with Crippen molar-refractivity contribution in [2.24, 2.45) is 5.92 Å². The number of hydrogen-bond acceptors (Lipinski definition) is 4. The van der Waals surface area contributed by atoms with Crippen LogP contribution in [0.5, 0.6) is 0 Å². The molecular formula is C20H26FN3O2. The molecule has 1 heterocycles. The monoisotopic (exact) mass is 359 g/mol. The van der Waals surface area contributed by atoms with E-state index in [4.69, 9.17) is 4.42 Å². The lowest BCUT2D eigenvalue weighted by Gasteiger charge is -2.30. The number of oxazole rings is 1. The Labute approximate surface area is 153 Å². The molecule has 3 rings (SSSR count). The number of carbonyl (C=O) groups is 1. The third-order valence-corrected chi connectivity index (χ3v) is 4.91. The first-order valence-corrected chi connectivity index (χ1v) is 9.16. The largest absolute Gasteiger partial charge is 0.447 e. The molecule has 140 valence electrons. The predicted molar refractivity (Wildman–Crippen MR) is 96.9 cm³/mol. The molecular weight excluding hydrogens is 333 g/mol. The van der Waals surface area contributed by atoms with Crippen LogP contribution >= 0.6 is 0 Å². The standard InChI is InChI=1S/C20H26FN3O2/c1-13(2)14(3)24(10-15-6-4-5-7-17(15)21)11-19-23-18(12-26-19)20(25)22-16-8-9-16/h4-7,12-14,16H,8-11H2,1-3H3,(H,22,25). The van der Waals surface area contributed by atoms with Gasteiger partial charge in [-0.15, -0.1) is 0 Å². The molecule has 1 fully saturated rings. The highest BCUT2D eigenvalue weighted by Crippen LogP contribution is 2.21. The second-order valence-electron chi connectivity index (χ2n) is 7.36. The van der Waals surface area contributed by atoms with Crippen molar-refractivity contribution in [1.82, 2.24) is 15.2 Å². The van der Waals surface area contributed by atoms with Gasteiger partial charge in [-0.25, -0.2) is 9.37 Å². The molecule has 0 radical (unpaired) electrons. The highest BCUT2D eigenvalue weighted by Gasteiger charge is 2.26. The average Bonchev–Trinajstić information content (AvgIpc) is 3.30. The Bertz CT molecular complexity index is 755. The van der Waals surface area contributed by atoms with Gasteiger partial charge in [-0.2, -0.15) is 0 Å². The van der Waals surface area contributed by atoms with Gasteiger partial charge in [0.1, 0.15) is 12.1 Å². The van der Waals surface area contributed by atoms with Crippen molar-refractivity contribution in [3.05, 3.63) is 53.5 Å². The molecule has 1 aromatic carbocycles. The Morgan fingerprint density at radius 3 is 2.69 bits per heavy atom. The first-order valence-electron chi connectivity index (χ1n) is 9.16. The zero-order chi connectivity index (χ0) is 18.7. The van der Waals surface area contributed by atoms with Crippen molar-refractivity contribution in [3.63, 3.8) is 0 Å². The van der Waals surface area contributed by atoms with E-state index in [-0.39, 0.29) is 23.8 Å². The second kappa shape index (κ2) is 7.99. The van der Waals surface area contributed by atoms with Gasteiger partial charge in [0.25, 0.3) is 5.91 Å². The predicted octanol–water partition coefficient (Wildman–Crippen LogP) is 3.75. The Morgan fingerprint density at radius 1 is 1.31 bits per heavy atom. The molecule has 1 aliphatic carbocycles. The summed E-state index contributed by atoms with van der Waals surface area (Å²) in [5, 5.41) is 2.90. The van der Waals surface area contributed by atoms with E-state index >= 15 is 0 Å². The van der Waals surface area contributed by atoms with Crippen molar-refractivity contribution in [2.75, 3.05) is 0 Å². The maximum Gasteiger partial charge on any atom is 0.273 e. The van der Waals surface area contributed by atoms with E-state index in [1.165, 1.54) is 12.3 Å². The number of nitrogens with one attached hydrogen (secondary N) is 1. The van der Waals surface area contributed by atoms with Gasteiger partial charge in [0, 0.05) is 24.2 Å². The molecule has 0 saturated heterocycles. The Kier molecular flexibility index (Phi) is 5.71. The minimum Gasteiger partial charge on any atom is -0.447 e. The SMILES string of the molecule is CC(C)C(C)N(Cc1nc(C(=O)NC2CC2)co1)Cc1ccccc1F. The number of carbonyl (C=O) groups excluding carboxylic acids is 1. The molecule has 5 nitrogen and oxygen atoms in total. The van der Waals surface area contributed by atoms with E-state index in [9.17, 15) is 9.18 Å². The van der Waals surface area contributed by atoms with Crippen molar-refractivity contribution < 1.29 is 13.6 Å². The van der Waals surface area contributed by atoms with Crippen LogP contribution < -0.4 is 5.32 Å². The summed E-state index contributed by atoms with van der Waals surface area (Å²) in [5.74, 6) is 0.439. The topological polar surface area (TPSA) is 58.4 Å². The maximum absolute atomic E-state index is 14.1. The van der Waals surface area contributed by atoms with E-state index in [0.29, 0.717) is 36.2 Å². The highest BCUT2D eigenvalue weighted by molar-refractivity contribution is 5.92. The van der Waals surface area contributed by atoms with Crippen LogP contribution in [-0.4, -0.2) is 27.9 Å². The maximum atomic E-state index is 14.1. The van der Waals surface area contributed by atoms with Crippen molar-refractivity contribution in [3.8, 4) is 0 Å². The van der Waals surface area contributed by atoms with E-state index in [1.807, 2.05) is 6.07 Å². The van der Waals surface area contributed by atoms with Gasteiger partial charge in [0.2, 0.25) is 5.89 Å². The molecule has 1 aliphatic rings. The Balaban J connectivity index is 1.72. The van der Waals surface area contributed by atoms with Gasteiger partial charge in [0.05, 0.1) is 6.54 Å². The van der Waals surface area contributed by atoms with Crippen molar-refractivity contribution >= 4 is 5.91 Å². The van der Waals surface area contributed by atoms with E-state index in [1.54, 1.807) is 12.1 Å². The molecule has 0 spiro atoms. The van der Waals surface area contributed by atoms with Gasteiger partial charge in [0.15, 0.2) is 5.69 Å². The Hall–Kier alpha value is -2.21. The van der Waals surface area contributed by atoms with Crippen LogP contribution in [0.25, 0.3) is 0 Å². The number of halogens is 1. The molecule has 1 N–H and O–H groups in total. The zero-order valence-electron chi connectivity index (χ0n) is 15.5. The lowest BCUT2D eigenvalue weighted by atomic mass is 10.0. The van der Waals surface area contributed by atoms with Gasteiger partial charge in [-0.3, -0.25) is 9.69 Å². The minimum absolute atomic E-state index is 0.194. The summed E-state index contributed by atoms with van der Waals surface area (Å²) in [6, 6.07) is 7.26. The van der Waals surface area contributed by atoms with Crippen LogP contribution in [-0.2, 0) is 13.1 Å². The highest BCUT2D eigenvalue weighted by atomic mass is 19.1. The van der Waals surface area contributed by atoms with Crippen LogP contribution in [0.15, 0.2) is 34.9 Å². The third-order valence-electron chi connectivity index (χ3n) is 4.91. The molecule has 6 heteroatoms. The molecule has 0 bridgehead atoms. The van der Waals surface area contributed by atoms with Gasteiger partial charge in [-0.05, 0) is 31.7 Å². The fraction of sp³-hybridized carbons (Fsp3) is 0.500. The summed E-state index contributed by atoms with van der Waals surface area (Å²) in [5.41, 5.74) is 0.938. The van der Waals surface area contributed by atoms with Crippen molar-refractivity contribution in [1.29, 1.82) is 0 Å². The summed E-state index contributed by atoms with van der Waals surface area (Å²) in [4.78, 5) is 18.5. The first kappa shape index (κ1) is 18.6. The molecule has 1 amide bonds. The van der Waals surface area contributed by atoms with Gasteiger partial charge >= 0.3 is 0 Å². The Morgan fingerprint density at radius 2 is 2.04 bits per heavy atom. The van der Waals surface area contributed by atoms with Crippen molar-refractivity contribution in [2.45, 2.75) is 58.8 Å².